The minimum atomic E-state index is 0.0393. The SMILES string of the molecule is C=CCc1cc(C(=O)N2CC(C)C(N(C)C)C2)cc(OC)c1OC. The summed E-state index contributed by atoms with van der Waals surface area (Å²) in [6.07, 6.45) is 2.42. The van der Waals surface area contributed by atoms with Gasteiger partial charge in [-0.2, -0.15) is 0 Å². The molecule has 1 aliphatic heterocycles. The van der Waals surface area contributed by atoms with Gasteiger partial charge in [0, 0.05) is 30.3 Å². The Morgan fingerprint density at radius 1 is 1.33 bits per heavy atom. The van der Waals surface area contributed by atoms with Gasteiger partial charge >= 0.3 is 0 Å². The summed E-state index contributed by atoms with van der Waals surface area (Å²) in [5, 5.41) is 0. The van der Waals surface area contributed by atoms with Gasteiger partial charge in [0.2, 0.25) is 0 Å². The van der Waals surface area contributed by atoms with Crippen LogP contribution in [-0.4, -0.2) is 63.2 Å². The Morgan fingerprint density at radius 2 is 2.04 bits per heavy atom. The van der Waals surface area contributed by atoms with Crippen molar-refractivity contribution in [1.29, 1.82) is 0 Å². The molecule has 2 atom stereocenters. The van der Waals surface area contributed by atoms with Crippen molar-refractivity contribution < 1.29 is 14.3 Å². The lowest BCUT2D eigenvalue weighted by Gasteiger charge is -2.22. The van der Waals surface area contributed by atoms with Crippen LogP contribution in [0.5, 0.6) is 11.5 Å². The predicted molar refractivity (Wildman–Crippen MR) is 96.0 cm³/mol. The Labute approximate surface area is 144 Å². The highest BCUT2D eigenvalue weighted by atomic mass is 16.5. The summed E-state index contributed by atoms with van der Waals surface area (Å²) in [6, 6.07) is 4.04. The maximum atomic E-state index is 13.0. The molecule has 1 amide bonds. The van der Waals surface area contributed by atoms with Crippen LogP contribution >= 0.6 is 0 Å². The van der Waals surface area contributed by atoms with E-state index in [1.54, 1.807) is 26.4 Å². The third-order valence-corrected chi connectivity index (χ3v) is 4.69. The van der Waals surface area contributed by atoms with Crippen molar-refractivity contribution in [3.63, 3.8) is 0 Å². The van der Waals surface area contributed by atoms with Gasteiger partial charge in [-0.05, 0) is 38.6 Å². The molecule has 0 radical (unpaired) electrons. The number of benzene rings is 1. The number of methoxy groups -OCH3 is 2. The van der Waals surface area contributed by atoms with Gasteiger partial charge in [0.15, 0.2) is 11.5 Å². The lowest BCUT2D eigenvalue weighted by atomic mass is 10.0. The Hall–Kier alpha value is -2.01. The van der Waals surface area contributed by atoms with Crippen LogP contribution in [0.25, 0.3) is 0 Å². The zero-order valence-corrected chi connectivity index (χ0v) is 15.3. The van der Waals surface area contributed by atoms with Crippen LogP contribution in [0.4, 0.5) is 0 Å². The zero-order chi connectivity index (χ0) is 17.9. The van der Waals surface area contributed by atoms with Crippen LogP contribution in [0.3, 0.4) is 0 Å². The van der Waals surface area contributed by atoms with E-state index in [1.165, 1.54) is 0 Å². The molecule has 5 heteroatoms. The molecule has 1 aromatic carbocycles. The summed E-state index contributed by atoms with van der Waals surface area (Å²) < 4.78 is 10.9. The molecule has 1 heterocycles. The Balaban J connectivity index is 2.33. The first-order valence-electron chi connectivity index (χ1n) is 8.24. The second-order valence-electron chi connectivity index (χ2n) is 6.58. The average Bonchev–Trinajstić information content (AvgIpc) is 2.95. The van der Waals surface area contributed by atoms with Crippen molar-refractivity contribution in [2.24, 2.45) is 5.92 Å². The van der Waals surface area contributed by atoms with E-state index in [0.717, 1.165) is 18.7 Å². The average molecular weight is 332 g/mol. The second-order valence-corrected chi connectivity index (χ2v) is 6.58. The molecule has 1 fully saturated rings. The van der Waals surface area contributed by atoms with Crippen molar-refractivity contribution in [2.75, 3.05) is 41.4 Å². The summed E-state index contributed by atoms with van der Waals surface area (Å²) in [6.45, 7) is 7.49. The molecule has 0 aliphatic carbocycles. The van der Waals surface area contributed by atoms with Crippen LogP contribution < -0.4 is 9.47 Å². The third-order valence-electron chi connectivity index (χ3n) is 4.69. The number of likely N-dealkylation sites (tertiary alicyclic amines) is 1. The van der Waals surface area contributed by atoms with Crippen LogP contribution in [-0.2, 0) is 6.42 Å². The van der Waals surface area contributed by atoms with Gasteiger partial charge in [-0.3, -0.25) is 4.79 Å². The second kappa shape index (κ2) is 7.71. The number of likely N-dealkylation sites (N-methyl/N-ethyl adjacent to an activating group) is 1. The van der Waals surface area contributed by atoms with Gasteiger partial charge in [0.05, 0.1) is 14.2 Å². The smallest absolute Gasteiger partial charge is 0.254 e. The Kier molecular flexibility index (Phi) is 5.89. The normalized spacial score (nSPS) is 20.3. The number of nitrogens with zero attached hydrogens (tertiary/aromatic N) is 2. The number of amides is 1. The van der Waals surface area contributed by atoms with Gasteiger partial charge in [-0.1, -0.05) is 13.0 Å². The van der Waals surface area contributed by atoms with E-state index >= 15 is 0 Å². The van der Waals surface area contributed by atoms with Gasteiger partial charge < -0.3 is 19.3 Å². The molecule has 1 aromatic rings. The largest absolute Gasteiger partial charge is 0.493 e. The molecule has 0 bridgehead atoms. The van der Waals surface area contributed by atoms with E-state index in [9.17, 15) is 4.79 Å². The van der Waals surface area contributed by atoms with Crippen molar-refractivity contribution in [3.05, 3.63) is 35.9 Å². The van der Waals surface area contributed by atoms with E-state index in [2.05, 4.69) is 32.5 Å². The maximum Gasteiger partial charge on any atom is 0.254 e. The molecule has 0 aromatic heterocycles. The van der Waals surface area contributed by atoms with Gasteiger partial charge in [-0.25, -0.2) is 0 Å². The summed E-state index contributed by atoms with van der Waals surface area (Å²) in [5.74, 6) is 1.74. The zero-order valence-electron chi connectivity index (χ0n) is 15.3. The molecule has 24 heavy (non-hydrogen) atoms. The molecule has 2 unspecified atom stereocenters. The van der Waals surface area contributed by atoms with E-state index in [0.29, 0.717) is 35.4 Å². The van der Waals surface area contributed by atoms with Crippen molar-refractivity contribution in [1.82, 2.24) is 9.80 Å². The highest BCUT2D eigenvalue weighted by Crippen LogP contribution is 2.34. The van der Waals surface area contributed by atoms with Crippen LogP contribution in [0.1, 0.15) is 22.8 Å². The van der Waals surface area contributed by atoms with Crippen molar-refractivity contribution in [3.8, 4) is 11.5 Å². The number of hydrogen-bond donors (Lipinski definition) is 0. The number of carbonyl (C=O) groups is 1. The number of rotatable bonds is 6. The first-order valence-corrected chi connectivity index (χ1v) is 8.24. The molecular formula is C19H28N2O3. The third kappa shape index (κ3) is 3.56. The molecule has 0 N–H and O–H groups in total. The number of carbonyl (C=O) groups excluding carboxylic acids is 1. The molecule has 2 rings (SSSR count). The number of allylic oxidation sites excluding steroid dienone is 1. The summed E-state index contributed by atoms with van der Waals surface area (Å²) in [5.41, 5.74) is 1.54. The molecule has 0 saturated carbocycles. The minimum Gasteiger partial charge on any atom is -0.493 e. The molecule has 5 nitrogen and oxygen atoms in total. The topological polar surface area (TPSA) is 42.0 Å². The lowest BCUT2D eigenvalue weighted by Crippen LogP contribution is -2.35. The summed E-state index contributed by atoms with van der Waals surface area (Å²) in [7, 11) is 7.32. The van der Waals surface area contributed by atoms with Gasteiger partial charge in [0.1, 0.15) is 0 Å². The Bertz CT molecular complexity index is 613. The fourth-order valence-electron chi connectivity index (χ4n) is 3.44. The van der Waals surface area contributed by atoms with Crippen LogP contribution in [0, 0.1) is 5.92 Å². The molecule has 0 spiro atoms. The number of hydrogen-bond acceptors (Lipinski definition) is 4. The molecular weight excluding hydrogens is 304 g/mol. The number of ether oxygens (including phenoxy) is 2. The molecule has 1 aliphatic rings. The molecule has 132 valence electrons. The van der Waals surface area contributed by atoms with Crippen molar-refractivity contribution >= 4 is 5.91 Å². The first-order chi connectivity index (χ1) is 11.4. The van der Waals surface area contributed by atoms with E-state index in [4.69, 9.17) is 9.47 Å². The molecule has 1 saturated heterocycles. The fourth-order valence-corrected chi connectivity index (χ4v) is 3.44. The maximum absolute atomic E-state index is 13.0. The quantitative estimate of drug-likeness (QED) is 0.751. The predicted octanol–water partition coefficient (Wildman–Crippen LogP) is 2.45. The standard InChI is InChI=1S/C19H28N2O3/c1-7-8-14-9-15(10-17(23-5)18(14)24-6)19(22)21-11-13(2)16(12-21)20(3)4/h7,9-10,13,16H,1,8,11-12H2,2-6H3. The van der Waals surface area contributed by atoms with Gasteiger partial charge in [-0.15, -0.1) is 6.58 Å². The van der Waals surface area contributed by atoms with Gasteiger partial charge in [0.25, 0.3) is 5.91 Å². The fraction of sp³-hybridized carbons (Fsp3) is 0.526. The minimum absolute atomic E-state index is 0.0393. The monoisotopic (exact) mass is 332 g/mol. The van der Waals surface area contributed by atoms with E-state index in [1.807, 2.05) is 11.0 Å². The van der Waals surface area contributed by atoms with E-state index in [-0.39, 0.29) is 5.91 Å². The highest BCUT2D eigenvalue weighted by Gasteiger charge is 2.34. The van der Waals surface area contributed by atoms with E-state index < -0.39 is 0 Å². The first kappa shape index (κ1) is 18.3. The highest BCUT2D eigenvalue weighted by molar-refractivity contribution is 5.95. The Morgan fingerprint density at radius 3 is 2.54 bits per heavy atom. The summed E-state index contributed by atoms with van der Waals surface area (Å²) in [4.78, 5) is 17.1. The van der Waals surface area contributed by atoms with Crippen LogP contribution in [0.15, 0.2) is 24.8 Å². The van der Waals surface area contributed by atoms with Crippen molar-refractivity contribution in [2.45, 2.75) is 19.4 Å². The summed E-state index contributed by atoms with van der Waals surface area (Å²) >= 11 is 0. The lowest BCUT2D eigenvalue weighted by molar-refractivity contribution is 0.0781. The van der Waals surface area contributed by atoms with Crippen LogP contribution in [0.2, 0.25) is 0 Å².